The highest BCUT2D eigenvalue weighted by Gasteiger charge is 2.22. The minimum atomic E-state index is -0.231. The van der Waals surface area contributed by atoms with E-state index in [1.165, 1.54) is 17.1 Å². The molecule has 0 saturated heterocycles. The van der Waals surface area contributed by atoms with E-state index in [1.54, 1.807) is 4.90 Å². The third-order valence-electron chi connectivity index (χ3n) is 3.45. The second-order valence-corrected chi connectivity index (χ2v) is 5.14. The molecule has 0 aliphatic carbocycles. The molecule has 0 aromatic heterocycles. The molecule has 3 amide bonds. The topological polar surface area (TPSA) is 57.7 Å². The Morgan fingerprint density at radius 2 is 1.75 bits per heavy atom. The van der Waals surface area contributed by atoms with E-state index in [0.717, 1.165) is 38.6 Å². The van der Waals surface area contributed by atoms with Crippen molar-refractivity contribution in [2.75, 3.05) is 20.1 Å². The van der Waals surface area contributed by atoms with Crippen LogP contribution in [0.5, 0.6) is 0 Å². The molecule has 5 heteroatoms. The highest BCUT2D eigenvalue weighted by atomic mass is 16.2. The van der Waals surface area contributed by atoms with Crippen molar-refractivity contribution in [3.05, 3.63) is 12.2 Å². The molecule has 0 unspecified atom stereocenters. The predicted molar refractivity (Wildman–Crippen MR) is 76.9 cm³/mol. The number of nitrogens with zero attached hydrogens (tertiary/aromatic N) is 2. The number of hydrogen-bond acceptors (Lipinski definition) is 3. The summed E-state index contributed by atoms with van der Waals surface area (Å²) in [6, 6.07) is 0. The number of amides is 3. The Kier molecular flexibility index (Phi) is 6.98. The maximum Gasteiger partial charge on any atom is 0.253 e. The molecule has 0 bridgehead atoms. The van der Waals surface area contributed by atoms with Gasteiger partial charge in [-0.2, -0.15) is 0 Å². The van der Waals surface area contributed by atoms with Crippen LogP contribution in [0, 0.1) is 0 Å². The highest BCUT2D eigenvalue weighted by Crippen LogP contribution is 2.08. The molecule has 5 nitrogen and oxygen atoms in total. The van der Waals surface area contributed by atoms with E-state index in [-0.39, 0.29) is 17.7 Å². The molecule has 112 valence electrons. The summed E-state index contributed by atoms with van der Waals surface area (Å²) in [6.07, 6.45) is 7.68. The van der Waals surface area contributed by atoms with Gasteiger partial charge in [-0.25, -0.2) is 0 Å². The lowest BCUT2D eigenvalue weighted by atomic mass is 10.1. The van der Waals surface area contributed by atoms with Crippen LogP contribution in [0.15, 0.2) is 12.2 Å². The number of imide groups is 1. The Morgan fingerprint density at radius 1 is 1.10 bits per heavy atom. The number of unbranched alkanes of at least 4 members (excludes halogenated alkanes) is 3. The lowest BCUT2D eigenvalue weighted by molar-refractivity contribution is -0.137. The summed E-state index contributed by atoms with van der Waals surface area (Å²) in [7, 11) is 1.84. The third-order valence-corrected chi connectivity index (χ3v) is 3.45. The second kappa shape index (κ2) is 8.51. The standard InChI is InChI=1S/C15H24N2O3/c1-3-4-11-16(2)13(18)8-6-5-7-12-17-14(19)9-10-15(17)20/h9-10H,3-8,11-12H2,1-2H3. The smallest absolute Gasteiger partial charge is 0.253 e. The molecular formula is C15H24N2O3. The van der Waals surface area contributed by atoms with Gasteiger partial charge in [-0.1, -0.05) is 19.8 Å². The first-order chi connectivity index (χ1) is 9.56. The van der Waals surface area contributed by atoms with Crippen molar-refractivity contribution in [3.63, 3.8) is 0 Å². The molecule has 0 saturated carbocycles. The van der Waals surface area contributed by atoms with Crippen molar-refractivity contribution in [2.24, 2.45) is 0 Å². The first-order valence-electron chi connectivity index (χ1n) is 7.33. The van der Waals surface area contributed by atoms with Gasteiger partial charge in [-0.3, -0.25) is 19.3 Å². The Labute approximate surface area is 120 Å². The average Bonchev–Trinajstić information content (AvgIpc) is 2.75. The first-order valence-corrected chi connectivity index (χ1v) is 7.33. The van der Waals surface area contributed by atoms with Crippen molar-refractivity contribution in [2.45, 2.75) is 45.4 Å². The van der Waals surface area contributed by atoms with Crippen molar-refractivity contribution in [1.82, 2.24) is 9.80 Å². The van der Waals surface area contributed by atoms with E-state index in [4.69, 9.17) is 0 Å². The summed E-state index contributed by atoms with van der Waals surface area (Å²) in [5, 5.41) is 0. The molecule has 1 rings (SSSR count). The third kappa shape index (κ3) is 5.15. The summed E-state index contributed by atoms with van der Waals surface area (Å²) in [4.78, 5) is 37.4. The van der Waals surface area contributed by atoms with Crippen LogP contribution in [-0.2, 0) is 14.4 Å². The highest BCUT2D eigenvalue weighted by molar-refractivity contribution is 6.12. The van der Waals surface area contributed by atoms with E-state index in [0.29, 0.717) is 13.0 Å². The number of rotatable bonds is 9. The van der Waals surface area contributed by atoms with Crippen LogP contribution in [-0.4, -0.2) is 47.7 Å². The fourth-order valence-corrected chi connectivity index (χ4v) is 2.09. The van der Waals surface area contributed by atoms with Gasteiger partial charge >= 0.3 is 0 Å². The fraction of sp³-hybridized carbons (Fsp3) is 0.667. The fourth-order valence-electron chi connectivity index (χ4n) is 2.09. The Hall–Kier alpha value is -1.65. The maximum atomic E-state index is 11.8. The largest absolute Gasteiger partial charge is 0.346 e. The van der Waals surface area contributed by atoms with E-state index in [2.05, 4.69) is 6.92 Å². The monoisotopic (exact) mass is 280 g/mol. The van der Waals surface area contributed by atoms with Gasteiger partial charge in [0.2, 0.25) is 5.91 Å². The van der Waals surface area contributed by atoms with Crippen LogP contribution in [0.1, 0.15) is 45.4 Å². The van der Waals surface area contributed by atoms with Crippen molar-refractivity contribution in [1.29, 1.82) is 0 Å². The molecule has 20 heavy (non-hydrogen) atoms. The molecule has 0 spiro atoms. The van der Waals surface area contributed by atoms with Crippen molar-refractivity contribution in [3.8, 4) is 0 Å². The van der Waals surface area contributed by atoms with E-state index < -0.39 is 0 Å². The summed E-state index contributed by atoms with van der Waals surface area (Å²) < 4.78 is 0. The lowest BCUT2D eigenvalue weighted by Crippen LogP contribution is -2.31. The summed E-state index contributed by atoms with van der Waals surface area (Å²) in [5.41, 5.74) is 0. The molecule has 1 aliphatic rings. The van der Waals surface area contributed by atoms with Crippen molar-refractivity contribution < 1.29 is 14.4 Å². The Bertz CT molecular complexity index is 373. The molecule has 0 aromatic rings. The van der Waals surface area contributed by atoms with Gasteiger partial charge in [-0.15, -0.1) is 0 Å². The van der Waals surface area contributed by atoms with Gasteiger partial charge in [0.05, 0.1) is 0 Å². The van der Waals surface area contributed by atoms with Crippen LogP contribution in [0.4, 0.5) is 0 Å². The molecule has 0 N–H and O–H groups in total. The lowest BCUT2D eigenvalue weighted by Gasteiger charge is -2.17. The second-order valence-electron chi connectivity index (χ2n) is 5.14. The predicted octanol–water partition coefficient (Wildman–Crippen LogP) is 1.73. The molecule has 0 radical (unpaired) electrons. The number of hydrogen-bond donors (Lipinski definition) is 0. The van der Waals surface area contributed by atoms with Gasteiger partial charge in [-0.05, 0) is 19.3 Å². The minimum absolute atomic E-state index is 0.174. The zero-order chi connectivity index (χ0) is 15.0. The van der Waals surface area contributed by atoms with Crippen LogP contribution >= 0.6 is 0 Å². The van der Waals surface area contributed by atoms with Gasteiger partial charge in [0.15, 0.2) is 0 Å². The Balaban J connectivity index is 2.09. The molecule has 0 atom stereocenters. The van der Waals surface area contributed by atoms with Crippen molar-refractivity contribution >= 4 is 17.7 Å². The summed E-state index contributed by atoms with van der Waals surface area (Å²) >= 11 is 0. The SMILES string of the molecule is CCCCN(C)C(=O)CCCCCN1C(=O)C=CC1=O. The van der Waals surface area contributed by atoms with E-state index in [1.807, 2.05) is 7.05 Å². The maximum absolute atomic E-state index is 11.8. The summed E-state index contributed by atoms with van der Waals surface area (Å²) in [6.45, 7) is 3.37. The van der Waals surface area contributed by atoms with Gasteiger partial charge in [0, 0.05) is 38.7 Å². The normalized spacial score (nSPS) is 14.2. The molecular weight excluding hydrogens is 256 g/mol. The van der Waals surface area contributed by atoms with Crippen LogP contribution in [0.3, 0.4) is 0 Å². The van der Waals surface area contributed by atoms with E-state index in [9.17, 15) is 14.4 Å². The van der Waals surface area contributed by atoms with Crippen LogP contribution < -0.4 is 0 Å². The molecule has 0 aromatic carbocycles. The van der Waals surface area contributed by atoms with Gasteiger partial charge < -0.3 is 4.90 Å². The minimum Gasteiger partial charge on any atom is -0.346 e. The van der Waals surface area contributed by atoms with Gasteiger partial charge in [0.1, 0.15) is 0 Å². The van der Waals surface area contributed by atoms with Crippen LogP contribution in [0.2, 0.25) is 0 Å². The number of carbonyl (C=O) groups excluding carboxylic acids is 3. The average molecular weight is 280 g/mol. The zero-order valence-electron chi connectivity index (χ0n) is 12.4. The quantitative estimate of drug-likeness (QED) is 0.477. The zero-order valence-corrected chi connectivity index (χ0v) is 12.4. The Morgan fingerprint density at radius 3 is 2.35 bits per heavy atom. The van der Waals surface area contributed by atoms with Gasteiger partial charge in [0.25, 0.3) is 11.8 Å². The molecule has 0 fully saturated rings. The summed E-state index contributed by atoms with van der Waals surface area (Å²) in [5.74, 6) is -0.288. The molecule has 1 heterocycles. The van der Waals surface area contributed by atoms with E-state index >= 15 is 0 Å². The van der Waals surface area contributed by atoms with Crippen LogP contribution in [0.25, 0.3) is 0 Å². The molecule has 1 aliphatic heterocycles. The number of carbonyl (C=O) groups is 3. The first kappa shape index (κ1) is 16.4.